The van der Waals surface area contributed by atoms with Crippen molar-refractivity contribution in [3.05, 3.63) is 34.2 Å². The van der Waals surface area contributed by atoms with E-state index in [0.717, 1.165) is 12.3 Å². The molecule has 1 aromatic rings. The molecule has 5 heteroatoms. The van der Waals surface area contributed by atoms with Crippen LogP contribution in [-0.4, -0.2) is 11.2 Å². The Morgan fingerprint density at radius 3 is 2.58 bits per heavy atom. The number of H-pyrrole nitrogens is 1. The fourth-order valence-corrected chi connectivity index (χ4v) is 0.805. The number of aromatic amines is 1. The van der Waals surface area contributed by atoms with Gasteiger partial charge in [-0.25, -0.2) is 0 Å². The highest BCUT2D eigenvalue weighted by atomic mass is 19.4. The van der Waals surface area contributed by atoms with Crippen molar-refractivity contribution in [3.63, 3.8) is 0 Å². The summed E-state index contributed by atoms with van der Waals surface area (Å²) in [6, 6.07) is 1.07. The Bertz CT molecular complexity index is 315. The van der Waals surface area contributed by atoms with Gasteiger partial charge in [0.05, 0.1) is 6.42 Å². The third-order valence-electron chi connectivity index (χ3n) is 1.30. The highest BCUT2D eigenvalue weighted by Crippen LogP contribution is 2.18. The Morgan fingerprint density at radius 1 is 1.42 bits per heavy atom. The van der Waals surface area contributed by atoms with E-state index in [4.69, 9.17) is 0 Å². The Balaban J connectivity index is 2.91. The molecule has 0 amide bonds. The smallest absolute Gasteiger partial charge is 0.367 e. The van der Waals surface area contributed by atoms with Crippen LogP contribution in [0.4, 0.5) is 13.2 Å². The van der Waals surface area contributed by atoms with Gasteiger partial charge in [0.1, 0.15) is 0 Å². The van der Waals surface area contributed by atoms with Crippen LogP contribution < -0.4 is 5.43 Å². The van der Waals surface area contributed by atoms with Gasteiger partial charge >= 0.3 is 6.18 Å². The lowest BCUT2D eigenvalue weighted by Crippen LogP contribution is -2.18. The maximum atomic E-state index is 11.8. The second kappa shape index (κ2) is 3.00. The number of nitrogens with one attached hydrogen (secondary N) is 1. The first-order valence-corrected chi connectivity index (χ1v) is 3.22. The highest BCUT2D eigenvalue weighted by molar-refractivity contribution is 5.10. The number of halogens is 3. The second-order valence-corrected chi connectivity index (χ2v) is 2.33. The van der Waals surface area contributed by atoms with Crippen LogP contribution in [0, 0.1) is 0 Å². The molecule has 0 atom stereocenters. The topological polar surface area (TPSA) is 32.9 Å². The van der Waals surface area contributed by atoms with Gasteiger partial charge in [-0.1, -0.05) is 0 Å². The van der Waals surface area contributed by atoms with Gasteiger partial charge < -0.3 is 4.98 Å². The number of rotatable bonds is 1. The van der Waals surface area contributed by atoms with Gasteiger partial charge in [0.2, 0.25) is 0 Å². The zero-order valence-electron chi connectivity index (χ0n) is 5.98. The Hall–Kier alpha value is -1.26. The Labute approximate surface area is 66.0 Å². The van der Waals surface area contributed by atoms with Crippen LogP contribution in [0.25, 0.3) is 0 Å². The molecule has 1 N–H and O–H groups in total. The fraction of sp³-hybridized carbons (Fsp3) is 0.286. The van der Waals surface area contributed by atoms with Gasteiger partial charge in [0, 0.05) is 24.0 Å². The average Bonchev–Trinajstić information content (AvgIpc) is 1.91. The summed E-state index contributed by atoms with van der Waals surface area (Å²) >= 11 is 0. The van der Waals surface area contributed by atoms with Crippen molar-refractivity contribution >= 4 is 0 Å². The molecule has 12 heavy (non-hydrogen) atoms. The number of hydrogen-bond donors (Lipinski definition) is 1. The molecule has 66 valence electrons. The van der Waals surface area contributed by atoms with E-state index in [-0.39, 0.29) is 5.56 Å². The van der Waals surface area contributed by atoms with Gasteiger partial charge in [-0.05, 0) is 0 Å². The molecular formula is C7H6F3NO. The predicted molar refractivity (Wildman–Crippen MR) is 36.8 cm³/mol. The summed E-state index contributed by atoms with van der Waals surface area (Å²) in [5.74, 6) is 0. The normalized spacial score (nSPS) is 11.6. The number of pyridine rings is 1. The van der Waals surface area contributed by atoms with Crippen molar-refractivity contribution in [3.8, 4) is 0 Å². The maximum absolute atomic E-state index is 11.8. The van der Waals surface area contributed by atoms with Crippen LogP contribution >= 0.6 is 0 Å². The molecule has 0 radical (unpaired) electrons. The van der Waals surface area contributed by atoms with Crippen molar-refractivity contribution in [2.45, 2.75) is 12.6 Å². The van der Waals surface area contributed by atoms with E-state index in [1.807, 2.05) is 0 Å². The summed E-state index contributed by atoms with van der Waals surface area (Å²) in [7, 11) is 0. The van der Waals surface area contributed by atoms with Crippen molar-refractivity contribution in [2.75, 3.05) is 0 Å². The molecule has 1 aromatic heterocycles. The lowest BCUT2D eigenvalue weighted by atomic mass is 10.2. The predicted octanol–water partition coefficient (Wildman–Crippen LogP) is 1.48. The van der Waals surface area contributed by atoms with Crippen molar-refractivity contribution in [1.82, 2.24) is 4.98 Å². The zero-order valence-corrected chi connectivity index (χ0v) is 5.98. The Kier molecular flexibility index (Phi) is 2.21. The van der Waals surface area contributed by atoms with Gasteiger partial charge in [-0.2, -0.15) is 13.2 Å². The van der Waals surface area contributed by atoms with Crippen LogP contribution in [0.5, 0.6) is 0 Å². The summed E-state index contributed by atoms with van der Waals surface area (Å²) in [5.41, 5.74) is -0.851. The van der Waals surface area contributed by atoms with E-state index in [1.165, 1.54) is 6.20 Å². The third-order valence-corrected chi connectivity index (χ3v) is 1.30. The molecule has 0 bridgehead atoms. The summed E-state index contributed by atoms with van der Waals surface area (Å²) in [5, 5.41) is 0. The summed E-state index contributed by atoms with van der Waals surface area (Å²) in [6.07, 6.45) is -3.14. The lowest BCUT2D eigenvalue weighted by molar-refractivity contribution is -0.127. The molecule has 1 rings (SSSR count). The summed E-state index contributed by atoms with van der Waals surface area (Å²) < 4.78 is 35.3. The maximum Gasteiger partial charge on any atom is 0.393 e. The molecule has 0 spiro atoms. The highest BCUT2D eigenvalue weighted by Gasteiger charge is 2.28. The van der Waals surface area contributed by atoms with Crippen LogP contribution in [0.3, 0.4) is 0 Å². The standard InChI is InChI=1S/C7H6F3NO/c8-7(9,10)3-5-4-11-2-1-6(5)12/h1-2,4H,3H2,(H,11,12). The van der Waals surface area contributed by atoms with E-state index in [1.54, 1.807) is 0 Å². The van der Waals surface area contributed by atoms with Gasteiger partial charge in [0.25, 0.3) is 0 Å². The molecule has 0 aliphatic carbocycles. The fourth-order valence-electron chi connectivity index (χ4n) is 0.805. The molecule has 0 aromatic carbocycles. The monoisotopic (exact) mass is 177 g/mol. The third kappa shape index (κ3) is 2.41. The van der Waals surface area contributed by atoms with Crippen molar-refractivity contribution in [1.29, 1.82) is 0 Å². The molecule has 0 aliphatic heterocycles. The molecule has 0 aliphatic rings. The minimum Gasteiger partial charge on any atom is -0.367 e. The molecule has 2 nitrogen and oxygen atoms in total. The summed E-state index contributed by atoms with van der Waals surface area (Å²) in [4.78, 5) is 13.2. The van der Waals surface area contributed by atoms with Crippen LogP contribution in [0.15, 0.2) is 23.3 Å². The number of alkyl halides is 3. The van der Waals surface area contributed by atoms with Gasteiger partial charge in [-0.15, -0.1) is 0 Å². The van der Waals surface area contributed by atoms with Gasteiger partial charge in [0.15, 0.2) is 5.43 Å². The molecule has 0 saturated heterocycles. The van der Waals surface area contributed by atoms with E-state index >= 15 is 0 Å². The van der Waals surface area contributed by atoms with E-state index in [0.29, 0.717) is 0 Å². The summed E-state index contributed by atoms with van der Waals surface area (Å²) in [6.45, 7) is 0. The molecule has 1 heterocycles. The van der Waals surface area contributed by atoms with Crippen LogP contribution in [0.1, 0.15) is 5.56 Å². The molecule has 0 fully saturated rings. The quantitative estimate of drug-likeness (QED) is 0.692. The van der Waals surface area contributed by atoms with E-state index in [2.05, 4.69) is 4.98 Å². The minimum absolute atomic E-state index is 0.259. The van der Waals surface area contributed by atoms with Crippen molar-refractivity contribution < 1.29 is 13.2 Å². The van der Waals surface area contributed by atoms with Crippen molar-refractivity contribution in [2.24, 2.45) is 0 Å². The van der Waals surface area contributed by atoms with Crippen LogP contribution in [-0.2, 0) is 6.42 Å². The zero-order chi connectivity index (χ0) is 9.19. The second-order valence-electron chi connectivity index (χ2n) is 2.33. The Morgan fingerprint density at radius 2 is 2.08 bits per heavy atom. The number of aromatic nitrogens is 1. The molecule has 0 unspecified atom stereocenters. The van der Waals surface area contributed by atoms with E-state index < -0.39 is 18.0 Å². The van der Waals surface area contributed by atoms with Crippen LogP contribution in [0.2, 0.25) is 0 Å². The lowest BCUT2D eigenvalue weighted by Gasteiger charge is -2.03. The average molecular weight is 177 g/mol. The molecular weight excluding hydrogens is 171 g/mol. The first-order valence-electron chi connectivity index (χ1n) is 3.22. The first kappa shape index (κ1) is 8.83. The van der Waals surface area contributed by atoms with Gasteiger partial charge in [-0.3, -0.25) is 4.79 Å². The largest absolute Gasteiger partial charge is 0.393 e. The first-order chi connectivity index (χ1) is 5.49. The minimum atomic E-state index is -4.33. The van der Waals surface area contributed by atoms with E-state index in [9.17, 15) is 18.0 Å². The SMILES string of the molecule is O=c1cc[nH]cc1CC(F)(F)F. The molecule has 0 saturated carbocycles. The number of hydrogen-bond acceptors (Lipinski definition) is 1.